The van der Waals surface area contributed by atoms with E-state index in [1.54, 1.807) is 14.1 Å². The van der Waals surface area contributed by atoms with Crippen molar-refractivity contribution in [2.24, 2.45) is 10.9 Å². The van der Waals surface area contributed by atoms with E-state index >= 15 is 0 Å². The van der Waals surface area contributed by atoms with Crippen LogP contribution in [0.15, 0.2) is 4.99 Å². The van der Waals surface area contributed by atoms with E-state index < -0.39 is 0 Å². The number of hydrogen-bond donors (Lipinski definition) is 1. The summed E-state index contributed by atoms with van der Waals surface area (Å²) in [5, 5.41) is 3.28. The van der Waals surface area contributed by atoms with E-state index in [2.05, 4.69) is 22.1 Å². The Labute approximate surface area is 155 Å². The molecule has 0 aliphatic carbocycles. The number of methoxy groups -OCH3 is 1. The molecule has 1 heterocycles. The maximum absolute atomic E-state index is 11.7. The molecule has 0 spiro atoms. The van der Waals surface area contributed by atoms with Gasteiger partial charge >= 0.3 is 5.97 Å². The lowest BCUT2D eigenvalue weighted by atomic mass is 9.97. The standard InChI is InChI=1S/C15H28N4O3.HI/c1-5-8-16-15(17-11-13(20)18(2)3)19-9-6-12(7-10-19)14(21)22-4;/h12H,5-11H2,1-4H3,(H,16,17);1H. The molecule has 1 N–H and O–H groups in total. The summed E-state index contributed by atoms with van der Waals surface area (Å²) in [6.07, 6.45) is 2.49. The van der Waals surface area contributed by atoms with Gasteiger partial charge < -0.3 is 19.9 Å². The molecule has 23 heavy (non-hydrogen) atoms. The lowest BCUT2D eigenvalue weighted by Crippen LogP contribution is -2.47. The van der Waals surface area contributed by atoms with Gasteiger partial charge in [0, 0.05) is 33.7 Å². The normalized spacial score (nSPS) is 15.7. The summed E-state index contributed by atoms with van der Waals surface area (Å²) in [5.74, 6) is 0.556. The number of nitrogens with zero attached hydrogens (tertiary/aromatic N) is 3. The van der Waals surface area contributed by atoms with Gasteiger partial charge in [-0.25, -0.2) is 4.99 Å². The lowest BCUT2D eigenvalue weighted by Gasteiger charge is -2.33. The summed E-state index contributed by atoms with van der Waals surface area (Å²) in [5.41, 5.74) is 0. The second-order valence-corrected chi connectivity index (χ2v) is 5.64. The summed E-state index contributed by atoms with van der Waals surface area (Å²) >= 11 is 0. The van der Waals surface area contributed by atoms with Crippen molar-refractivity contribution in [1.29, 1.82) is 0 Å². The largest absolute Gasteiger partial charge is 0.469 e. The molecule has 0 radical (unpaired) electrons. The molecule has 0 aromatic heterocycles. The zero-order chi connectivity index (χ0) is 16.5. The number of guanidine groups is 1. The fourth-order valence-electron chi connectivity index (χ4n) is 2.28. The van der Waals surface area contributed by atoms with Crippen LogP contribution in [0.4, 0.5) is 0 Å². The van der Waals surface area contributed by atoms with Gasteiger partial charge in [0.05, 0.1) is 13.0 Å². The van der Waals surface area contributed by atoms with Crippen molar-refractivity contribution in [3.05, 3.63) is 0 Å². The average Bonchev–Trinajstić information content (AvgIpc) is 2.54. The lowest BCUT2D eigenvalue weighted by molar-refractivity contribution is -0.146. The highest BCUT2D eigenvalue weighted by atomic mass is 127. The average molecular weight is 440 g/mol. The molecule has 0 aromatic rings. The van der Waals surface area contributed by atoms with Crippen LogP contribution in [-0.2, 0) is 14.3 Å². The van der Waals surface area contributed by atoms with Gasteiger partial charge in [-0.3, -0.25) is 9.59 Å². The van der Waals surface area contributed by atoms with Gasteiger partial charge in [0.15, 0.2) is 5.96 Å². The molecule has 0 saturated carbocycles. The molecular weight excluding hydrogens is 411 g/mol. The summed E-state index contributed by atoms with van der Waals surface area (Å²) < 4.78 is 4.80. The molecule has 1 amide bonds. The predicted molar refractivity (Wildman–Crippen MR) is 101 cm³/mol. The van der Waals surface area contributed by atoms with E-state index in [0.29, 0.717) is 0 Å². The summed E-state index contributed by atoms with van der Waals surface area (Å²) in [4.78, 5) is 31.3. The molecule has 1 aliphatic heterocycles. The number of halogens is 1. The van der Waals surface area contributed by atoms with Gasteiger partial charge in [-0.1, -0.05) is 6.92 Å². The fourth-order valence-corrected chi connectivity index (χ4v) is 2.28. The molecular formula is C15H29IN4O3. The molecule has 1 fully saturated rings. The van der Waals surface area contributed by atoms with Gasteiger partial charge in [0.1, 0.15) is 6.54 Å². The third kappa shape index (κ3) is 7.36. The Balaban J connectivity index is 0.00000484. The molecule has 7 nitrogen and oxygen atoms in total. The minimum Gasteiger partial charge on any atom is -0.469 e. The molecule has 0 bridgehead atoms. The predicted octanol–water partition coefficient (Wildman–Crippen LogP) is 0.933. The summed E-state index contributed by atoms with van der Waals surface area (Å²) in [6.45, 7) is 4.51. The number of esters is 1. The van der Waals surface area contributed by atoms with Crippen LogP contribution in [0.5, 0.6) is 0 Å². The number of carbonyl (C=O) groups excluding carboxylic acids is 2. The molecule has 0 unspecified atom stereocenters. The smallest absolute Gasteiger partial charge is 0.308 e. The van der Waals surface area contributed by atoms with E-state index in [1.165, 1.54) is 12.0 Å². The van der Waals surface area contributed by atoms with Crippen molar-refractivity contribution < 1.29 is 14.3 Å². The Kier molecular flexibility index (Phi) is 10.9. The Morgan fingerprint density at radius 1 is 1.30 bits per heavy atom. The van der Waals surface area contributed by atoms with Gasteiger partial charge in [-0.05, 0) is 19.3 Å². The van der Waals surface area contributed by atoms with Crippen LogP contribution in [0.25, 0.3) is 0 Å². The molecule has 0 aromatic carbocycles. The van der Waals surface area contributed by atoms with E-state index in [9.17, 15) is 9.59 Å². The maximum Gasteiger partial charge on any atom is 0.308 e. The number of nitrogens with one attached hydrogen (secondary N) is 1. The SMILES string of the molecule is CCCNC(=NCC(=O)N(C)C)N1CCC(C(=O)OC)CC1.I. The van der Waals surface area contributed by atoms with Gasteiger partial charge in [0.2, 0.25) is 5.91 Å². The van der Waals surface area contributed by atoms with Crippen LogP contribution in [-0.4, -0.2) is 75.0 Å². The van der Waals surface area contributed by atoms with Crippen molar-refractivity contribution in [3.63, 3.8) is 0 Å². The maximum atomic E-state index is 11.7. The Morgan fingerprint density at radius 3 is 2.39 bits per heavy atom. The monoisotopic (exact) mass is 440 g/mol. The van der Waals surface area contributed by atoms with Crippen LogP contribution in [0.2, 0.25) is 0 Å². The van der Waals surface area contributed by atoms with Crippen LogP contribution in [0, 0.1) is 5.92 Å². The first-order chi connectivity index (χ1) is 10.5. The van der Waals surface area contributed by atoms with Crippen LogP contribution >= 0.6 is 24.0 Å². The molecule has 1 saturated heterocycles. The van der Waals surface area contributed by atoms with Crippen LogP contribution < -0.4 is 5.32 Å². The van der Waals surface area contributed by atoms with E-state index in [1.807, 2.05) is 0 Å². The summed E-state index contributed by atoms with van der Waals surface area (Å²) in [6, 6.07) is 0. The van der Waals surface area contributed by atoms with E-state index in [0.717, 1.165) is 44.9 Å². The highest BCUT2D eigenvalue weighted by Gasteiger charge is 2.27. The Hall–Kier alpha value is -1.06. The van der Waals surface area contributed by atoms with Gasteiger partial charge in [-0.15, -0.1) is 24.0 Å². The Morgan fingerprint density at radius 2 is 1.91 bits per heavy atom. The number of aliphatic imine (C=N–C) groups is 1. The highest BCUT2D eigenvalue weighted by molar-refractivity contribution is 14.0. The van der Waals surface area contributed by atoms with Gasteiger partial charge in [0.25, 0.3) is 0 Å². The van der Waals surface area contributed by atoms with E-state index in [4.69, 9.17) is 4.74 Å². The van der Waals surface area contributed by atoms with Gasteiger partial charge in [-0.2, -0.15) is 0 Å². The fraction of sp³-hybridized carbons (Fsp3) is 0.800. The second kappa shape index (κ2) is 11.5. The third-order valence-electron chi connectivity index (χ3n) is 3.73. The number of ether oxygens (including phenoxy) is 1. The minimum absolute atomic E-state index is 0. The first-order valence-corrected chi connectivity index (χ1v) is 7.80. The third-order valence-corrected chi connectivity index (χ3v) is 3.73. The topological polar surface area (TPSA) is 74.2 Å². The van der Waals surface area contributed by atoms with Crippen LogP contribution in [0.1, 0.15) is 26.2 Å². The number of hydrogen-bond acceptors (Lipinski definition) is 4. The molecule has 134 valence electrons. The quantitative estimate of drug-likeness (QED) is 0.298. The first-order valence-electron chi connectivity index (χ1n) is 7.80. The molecule has 8 heteroatoms. The summed E-state index contributed by atoms with van der Waals surface area (Å²) in [7, 11) is 4.87. The number of rotatable bonds is 5. The number of amides is 1. The molecule has 1 aliphatic rings. The zero-order valence-electron chi connectivity index (χ0n) is 14.5. The van der Waals surface area contributed by atoms with Crippen molar-refractivity contribution in [2.75, 3.05) is 47.4 Å². The number of likely N-dealkylation sites (N-methyl/N-ethyl adjacent to an activating group) is 1. The second-order valence-electron chi connectivity index (χ2n) is 5.64. The minimum atomic E-state index is -0.137. The highest BCUT2D eigenvalue weighted by Crippen LogP contribution is 2.18. The van der Waals surface area contributed by atoms with Crippen LogP contribution in [0.3, 0.4) is 0 Å². The van der Waals surface area contributed by atoms with Crippen molar-refractivity contribution in [2.45, 2.75) is 26.2 Å². The molecule has 1 rings (SSSR count). The number of piperidine rings is 1. The Bertz CT molecular complexity index is 408. The first kappa shape index (κ1) is 21.9. The van der Waals surface area contributed by atoms with Crippen molar-refractivity contribution >= 4 is 41.8 Å². The van der Waals surface area contributed by atoms with Crippen molar-refractivity contribution in [3.8, 4) is 0 Å². The number of likely N-dealkylation sites (tertiary alicyclic amines) is 1. The molecule has 0 atom stereocenters. The van der Waals surface area contributed by atoms with Crippen molar-refractivity contribution in [1.82, 2.24) is 15.1 Å². The van der Waals surface area contributed by atoms with E-state index in [-0.39, 0.29) is 48.3 Å². The zero-order valence-corrected chi connectivity index (χ0v) is 16.8. The number of carbonyl (C=O) groups is 2.